The lowest BCUT2D eigenvalue weighted by atomic mass is 10.2. The molecule has 0 aliphatic carbocycles. The fourth-order valence-electron chi connectivity index (χ4n) is 2.80. The molecule has 8 nitrogen and oxygen atoms in total. The third kappa shape index (κ3) is 3.79. The Morgan fingerprint density at radius 3 is 2.72 bits per heavy atom. The molecule has 0 saturated carbocycles. The van der Waals surface area contributed by atoms with Gasteiger partial charge in [0.2, 0.25) is 5.95 Å². The second-order valence-electron chi connectivity index (χ2n) is 6.26. The first-order chi connectivity index (χ1) is 13.9. The molecule has 1 amide bonds. The second-order valence-corrected chi connectivity index (χ2v) is 6.26. The van der Waals surface area contributed by atoms with Crippen LogP contribution in [-0.4, -0.2) is 35.3 Å². The summed E-state index contributed by atoms with van der Waals surface area (Å²) in [5.74, 6) is -0.941. The number of fused-ring (bicyclic) bond motifs is 1. The van der Waals surface area contributed by atoms with Crippen LogP contribution >= 0.6 is 0 Å². The Balaban J connectivity index is 1.54. The van der Waals surface area contributed by atoms with Crippen LogP contribution in [0, 0.1) is 12.7 Å². The Hall–Kier alpha value is -3.76. The molecule has 3 aromatic heterocycles. The molecule has 0 fully saturated rings. The molecule has 11 heteroatoms. The number of amides is 1. The fraction of sp³-hybridized carbons (Fsp3) is 0.167. The smallest absolute Gasteiger partial charge is 0.280 e. The summed E-state index contributed by atoms with van der Waals surface area (Å²) in [5, 5.41) is 10.5. The molecule has 0 unspecified atom stereocenters. The molecule has 4 rings (SSSR count). The molecule has 148 valence electrons. The molecule has 29 heavy (non-hydrogen) atoms. The number of rotatable bonds is 5. The number of alkyl halides is 2. The van der Waals surface area contributed by atoms with Crippen molar-refractivity contribution >= 4 is 17.5 Å². The summed E-state index contributed by atoms with van der Waals surface area (Å²) in [4.78, 5) is 20.7. The summed E-state index contributed by atoms with van der Waals surface area (Å²) in [6.07, 6.45) is -0.191. The number of nitrogens with zero attached hydrogens (tertiary/aromatic N) is 6. The molecule has 0 saturated heterocycles. The van der Waals surface area contributed by atoms with Crippen LogP contribution in [0.15, 0.2) is 42.9 Å². The van der Waals surface area contributed by atoms with Crippen LogP contribution < -0.4 is 5.32 Å². The molecule has 0 spiro atoms. The minimum absolute atomic E-state index is 0.0172. The Labute approximate surface area is 162 Å². The number of aromatic nitrogens is 6. The van der Waals surface area contributed by atoms with Gasteiger partial charge >= 0.3 is 0 Å². The van der Waals surface area contributed by atoms with Gasteiger partial charge in [0, 0.05) is 5.69 Å². The van der Waals surface area contributed by atoms with Gasteiger partial charge in [0.1, 0.15) is 23.4 Å². The van der Waals surface area contributed by atoms with Crippen LogP contribution in [0.25, 0.3) is 5.65 Å². The monoisotopic (exact) mass is 401 g/mol. The van der Waals surface area contributed by atoms with Crippen molar-refractivity contribution in [3.63, 3.8) is 0 Å². The molecular weight excluding hydrogens is 387 g/mol. The maximum atomic E-state index is 13.2. The summed E-state index contributed by atoms with van der Waals surface area (Å²) >= 11 is 0. The van der Waals surface area contributed by atoms with Gasteiger partial charge in [-0.25, -0.2) is 32.3 Å². The first-order valence-electron chi connectivity index (χ1n) is 8.49. The van der Waals surface area contributed by atoms with Gasteiger partial charge in [0.15, 0.2) is 5.65 Å². The van der Waals surface area contributed by atoms with E-state index in [1.165, 1.54) is 35.4 Å². The summed E-state index contributed by atoms with van der Waals surface area (Å²) in [6.45, 7) is 1.89. The van der Waals surface area contributed by atoms with E-state index >= 15 is 0 Å². The maximum Gasteiger partial charge on any atom is 0.280 e. The molecule has 0 aliphatic heterocycles. The molecule has 1 aromatic carbocycles. The van der Waals surface area contributed by atoms with Crippen molar-refractivity contribution in [2.75, 3.05) is 5.32 Å². The number of carbonyl (C=O) groups excluding carboxylic acids is 1. The van der Waals surface area contributed by atoms with E-state index in [9.17, 15) is 18.0 Å². The third-order valence-corrected chi connectivity index (χ3v) is 4.12. The van der Waals surface area contributed by atoms with Crippen LogP contribution in [-0.2, 0) is 6.54 Å². The minimum Gasteiger partial charge on any atom is -0.289 e. The highest BCUT2D eigenvalue weighted by Crippen LogP contribution is 2.22. The zero-order chi connectivity index (χ0) is 20.5. The van der Waals surface area contributed by atoms with Crippen molar-refractivity contribution < 1.29 is 18.0 Å². The lowest BCUT2D eigenvalue weighted by Crippen LogP contribution is -2.14. The number of nitrogens with one attached hydrogen (secondary N) is 1. The Morgan fingerprint density at radius 2 is 2.00 bits per heavy atom. The van der Waals surface area contributed by atoms with Crippen molar-refractivity contribution in [1.29, 1.82) is 0 Å². The average molecular weight is 401 g/mol. The third-order valence-electron chi connectivity index (χ3n) is 4.12. The fourth-order valence-corrected chi connectivity index (χ4v) is 2.80. The first-order valence-corrected chi connectivity index (χ1v) is 8.49. The number of benzene rings is 1. The topological polar surface area (TPSA) is 90.0 Å². The van der Waals surface area contributed by atoms with E-state index in [-0.39, 0.29) is 28.7 Å². The quantitative estimate of drug-likeness (QED) is 0.555. The number of anilines is 1. The van der Waals surface area contributed by atoms with Crippen LogP contribution in [0.4, 0.5) is 19.1 Å². The molecular formula is C18H14F3N7O. The summed E-state index contributed by atoms with van der Waals surface area (Å²) in [7, 11) is 0. The Kier molecular flexibility index (Phi) is 4.71. The van der Waals surface area contributed by atoms with E-state index in [4.69, 9.17) is 0 Å². The Bertz CT molecular complexity index is 1180. The van der Waals surface area contributed by atoms with Crippen LogP contribution in [0.3, 0.4) is 0 Å². The SMILES string of the molecule is Cc1cc(C(F)F)n2ncc(C(=O)Nc3ncn(Cc4ccc(F)cc4)n3)c2n1. The minimum atomic E-state index is -2.76. The summed E-state index contributed by atoms with van der Waals surface area (Å²) in [6, 6.07) is 7.11. The maximum absolute atomic E-state index is 13.2. The summed E-state index contributed by atoms with van der Waals surface area (Å²) in [5.41, 5.74) is 0.822. The van der Waals surface area contributed by atoms with Crippen molar-refractivity contribution in [2.45, 2.75) is 19.9 Å². The highest BCUT2D eigenvalue weighted by atomic mass is 19.3. The van der Waals surface area contributed by atoms with E-state index in [2.05, 4.69) is 25.5 Å². The zero-order valence-electron chi connectivity index (χ0n) is 15.1. The van der Waals surface area contributed by atoms with Gasteiger partial charge in [0.05, 0.1) is 12.7 Å². The van der Waals surface area contributed by atoms with Gasteiger partial charge in [-0.2, -0.15) is 5.10 Å². The van der Waals surface area contributed by atoms with Gasteiger partial charge < -0.3 is 0 Å². The molecule has 4 aromatic rings. The predicted molar refractivity (Wildman–Crippen MR) is 96.2 cm³/mol. The predicted octanol–water partition coefficient (Wildman–Crippen LogP) is 3.01. The van der Waals surface area contributed by atoms with Crippen molar-refractivity contribution in [3.05, 3.63) is 71.2 Å². The normalized spacial score (nSPS) is 11.3. The lowest BCUT2D eigenvalue weighted by Gasteiger charge is -2.05. The number of hydrogen-bond donors (Lipinski definition) is 1. The van der Waals surface area contributed by atoms with Crippen LogP contribution in [0.5, 0.6) is 0 Å². The number of hydrogen-bond acceptors (Lipinski definition) is 5. The molecule has 3 heterocycles. The highest BCUT2D eigenvalue weighted by Gasteiger charge is 2.21. The van der Waals surface area contributed by atoms with Crippen molar-refractivity contribution in [3.8, 4) is 0 Å². The standard InChI is InChI=1S/C18H14F3N7O/c1-10-6-14(15(20)21)28-16(24-10)13(7-23-28)17(29)25-18-22-9-27(26-18)8-11-2-4-12(19)5-3-11/h2-7,9,15H,8H2,1H3,(H,25,26,29). The lowest BCUT2D eigenvalue weighted by molar-refractivity contribution is 0.102. The van der Waals surface area contributed by atoms with E-state index in [0.717, 1.165) is 10.1 Å². The van der Waals surface area contributed by atoms with E-state index in [0.29, 0.717) is 12.2 Å². The van der Waals surface area contributed by atoms with Crippen LogP contribution in [0.2, 0.25) is 0 Å². The van der Waals surface area contributed by atoms with Gasteiger partial charge in [-0.05, 0) is 30.7 Å². The molecule has 0 atom stereocenters. The Morgan fingerprint density at radius 1 is 1.24 bits per heavy atom. The molecule has 0 bridgehead atoms. The zero-order valence-corrected chi connectivity index (χ0v) is 15.1. The van der Waals surface area contributed by atoms with Crippen molar-refractivity contribution in [2.24, 2.45) is 0 Å². The first kappa shape index (κ1) is 18.6. The van der Waals surface area contributed by atoms with Crippen LogP contribution in [0.1, 0.15) is 33.7 Å². The number of halogens is 3. The van der Waals surface area contributed by atoms with E-state index in [1.54, 1.807) is 19.1 Å². The molecule has 0 aliphatic rings. The summed E-state index contributed by atoms with van der Waals surface area (Å²) < 4.78 is 41.8. The van der Waals surface area contributed by atoms with E-state index in [1.807, 2.05) is 0 Å². The van der Waals surface area contributed by atoms with Gasteiger partial charge in [-0.15, -0.1) is 5.10 Å². The molecule has 1 N–H and O–H groups in total. The van der Waals surface area contributed by atoms with E-state index < -0.39 is 12.3 Å². The largest absolute Gasteiger partial charge is 0.289 e. The highest BCUT2D eigenvalue weighted by molar-refractivity contribution is 6.07. The van der Waals surface area contributed by atoms with Gasteiger partial charge in [-0.3, -0.25) is 10.1 Å². The average Bonchev–Trinajstić information content (AvgIpc) is 3.29. The number of carbonyl (C=O) groups is 1. The molecule has 0 radical (unpaired) electrons. The van der Waals surface area contributed by atoms with Gasteiger partial charge in [-0.1, -0.05) is 12.1 Å². The second kappa shape index (κ2) is 7.34. The van der Waals surface area contributed by atoms with Gasteiger partial charge in [0.25, 0.3) is 12.3 Å². The number of aryl methyl sites for hydroxylation is 1. The van der Waals surface area contributed by atoms with Crippen molar-refractivity contribution in [1.82, 2.24) is 29.4 Å².